The first-order chi connectivity index (χ1) is 12.3. The molecule has 1 N–H and O–H groups in total. The van der Waals surface area contributed by atoms with Crippen LogP contribution in [0.15, 0.2) is 46.9 Å². The minimum atomic E-state index is -4.84. The Morgan fingerprint density at radius 2 is 1.96 bits per heavy atom. The Labute approximate surface area is 145 Å². The van der Waals surface area contributed by atoms with Gasteiger partial charge in [-0.05, 0) is 37.3 Å². The van der Waals surface area contributed by atoms with E-state index >= 15 is 0 Å². The van der Waals surface area contributed by atoms with Gasteiger partial charge in [-0.1, -0.05) is 12.1 Å². The molecule has 0 spiro atoms. The summed E-state index contributed by atoms with van der Waals surface area (Å²) in [6.45, 7) is 1.72. The molecular formula is C18H13F3O5. The lowest BCUT2D eigenvalue weighted by Crippen LogP contribution is -2.17. The van der Waals surface area contributed by atoms with Crippen LogP contribution in [0.2, 0.25) is 0 Å². The molecule has 0 saturated carbocycles. The molecule has 8 heteroatoms. The van der Waals surface area contributed by atoms with Crippen molar-refractivity contribution in [1.82, 2.24) is 0 Å². The van der Waals surface area contributed by atoms with E-state index in [2.05, 4.69) is 4.74 Å². The molecule has 0 amide bonds. The number of carbonyl (C=O) groups excluding carboxylic acids is 1. The van der Waals surface area contributed by atoms with Crippen molar-refractivity contribution in [3.8, 4) is 22.8 Å². The summed E-state index contributed by atoms with van der Waals surface area (Å²) in [5.74, 6) is -1.23. The number of furan rings is 1. The van der Waals surface area contributed by atoms with Crippen LogP contribution in [0.25, 0.3) is 22.3 Å². The number of phenols is 1. The third-order valence-electron chi connectivity index (χ3n) is 3.48. The summed E-state index contributed by atoms with van der Waals surface area (Å²) in [6.07, 6.45) is -4.84. The molecule has 0 saturated heterocycles. The molecule has 1 aromatic heterocycles. The normalized spacial score (nSPS) is 11.5. The zero-order valence-electron chi connectivity index (χ0n) is 13.5. The molecule has 0 radical (unpaired) electrons. The summed E-state index contributed by atoms with van der Waals surface area (Å²) < 4.78 is 51.9. The first-order valence-corrected chi connectivity index (χ1v) is 7.57. The highest BCUT2D eigenvalue weighted by Crippen LogP contribution is 2.37. The van der Waals surface area contributed by atoms with E-state index in [9.17, 15) is 23.1 Å². The number of ether oxygens (including phenoxy) is 2. The van der Waals surface area contributed by atoms with Gasteiger partial charge in [0.2, 0.25) is 0 Å². The van der Waals surface area contributed by atoms with Crippen molar-refractivity contribution in [2.45, 2.75) is 13.3 Å². The highest BCUT2D eigenvalue weighted by atomic mass is 19.4. The van der Waals surface area contributed by atoms with E-state index < -0.39 is 18.1 Å². The predicted molar refractivity (Wildman–Crippen MR) is 86.0 cm³/mol. The molecule has 0 unspecified atom stereocenters. The second-order valence-corrected chi connectivity index (χ2v) is 5.28. The molecule has 0 bridgehead atoms. The Balaban J connectivity index is 2.17. The van der Waals surface area contributed by atoms with E-state index in [0.29, 0.717) is 5.39 Å². The third kappa shape index (κ3) is 3.58. The molecule has 1 heterocycles. The first kappa shape index (κ1) is 17.7. The van der Waals surface area contributed by atoms with E-state index in [1.807, 2.05) is 0 Å². The molecule has 0 aliphatic carbocycles. The van der Waals surface area contributed by atoms with E-state index in [1.165, 1.54) is 30.3 Å². The summed E-state index contributed by atoms with van der Waals surface area (Å²) in [4.78, 5) is 12.4. The molecule has 136 valence electrons. The van der Waals surface area contributed by atoms with Crippen LogP contribution >= 0.6 is 0 Å². The van der Waals surface area contributed by atoms with Crippen LogP contribution in [-0.4, -0.2) is 24.0 Å². The van der Waals surface area contributed by atoms with Gasteiger partial charge in [-0.3, -0.25) is 0 Å². The van der Waals surface area contributed by atoms with Crippen molar-refractivity contribution in [2.75, 3.05) is 6.61 Å². The van der Waals surface area contributed by atoms with E-state index in [0.717, 1.165) is 12.1 Å². The number of carbonyl (C=O) groups is 1. The van der Waals surface area contributed by atoms with Crippen LogP contribution in [0, 0.1) is 0 Å². The van der Waals surface area contributed by atoms with Crippen molar-refractivity contribution >= 4 is 16.9 Å². The average molecular weight is 366 g/mol. The minimum absolute atomic E-state index is 0.0157. The molecule has 3 aromatic rings. The number of alkyl halides is 3. The van der Waals surface area contributed by atoms with Crippen LogP contribution in [0.4, 0.5) is 13.2 Å². The van der Waals surface area contributed by atoms with Gasteiger partial charge in [0, 0.05) is 10.9 Å². The highest BCUT2D eigenvalue weighted by molar-refractivity contribution is 6.09. The maximum atomic E-state index is 12.4. The van der Waals surface area contributed by atoms with E-state index in [-0.39, 0.29) is 34.8 Å². The SMILES string of the molecule is CCOC(=O)c1c(-c2cccc(OC(F)(F)F)c2)oc2ccc(O)cc12. The van der Waals surface area contributed by atoms with Crippen LogP contribution in [0.3, 0.4) is 0 Å². The van der Waals surface area contributed by atoms with Gasteiger partial charge in [-0.25, -0.2) is 4.79 Å². The topological polar surface area (TPSA) is 68.9 Å². The number of aromatic hydroxyl groups is 1. The van der Waals surface area contributed by atoms with Gasteiger partial charge >= 0.3 is 12.3 Å². The maximum Gasteiger partial charge on any atom is 0.573 e. The first-order valence-electron chi connectivity index (χ1n) is 7.57. The maximum absolute atomic E-state index is 12.4. The highest BCUT2D eigenvalue weighted by Gasteiger charge is 2.31. The largest absolute Gasteiger partial charge is 0.573 e. The summed E-state index contributed by atoms with van der Waals surface area (Å²) >= 11 is 0. The standard InChI is InChI=1S/C18H13F3O5/c1-2-24-17(23)15-13-9-11(22)6-7-14(13)25-16(15)10-4-3-5-12(8-10)26-18(19,20)21/h3-9,22H,2H2,1H3. The molecule has 26 heavy (non-hydrogen) atoms. The molecule has 3 rings (SSSR count). The Morgan fingerprint density at radius 3 is 2.65 bits per heavy atom. The summed E-state index contributed by atoms with van der Waals surface area (Å²) in [6, 6.07) is 9.20. The van der Waals surface area contributed by atoms with Gasteiger partial charge in [0.05, 0.1) is 6.61 Å². The summed E-state index contributed by atoms with van der Waals surface area (Å²) in [5.41, 5.74) is 0.496. The van der Waals surface area contributed by atoms with Crippen molar-refractivity contribution in [3.63, 3.8) is 0 Å². The van der Waals surface area contributed by atoms with Crippen LogP contribution in [-0.2, 0) is 4.74 Å². The molecule has 5 nitrogen and oxygen atoms in total. The predicted octanol–water partition coefficient (Wildman–Crippen LogP) is 4.88. The third-order valence-corrected chi connectivity index (χ3v) is 3.48. The molecule has 0 aliphatic heterocycles. The molecule has 2 aromatic carbocycles. The summed E-state index contributed by atoms with van der Waals surface area (Å²) in [7, 11) is 0. The zero-order valence-corrected chi connectivity index (χ0v) is 13.5. The minimum Gasteiger partial charge on any atom is -0.508 e. The monoisotopic (exact) mass is 366 g/mol. The second kappa shape index (κ2) is 6.62. The fraction of sp³-hybridized carbons (Fsp3) is 0.167. The van der Waals surface area contributed by atoms with Gasteiger partial charge in [0.15, 0.2) is 0 Å². The van der Waals surface area contributed by atoms with Gasteiger partial charge < -0.3 is 19.0 Å². The number of esters is 1. The Kier molecular flexibility index (Phi) is 4.50. The van der Waals surface area contributed by atoms with E-state index in [4.69, 9.17) is 9.15 Å². The Bertz CT molecular complexity index is 959. The van der Waals surface area contributed by atoms with Crippen molar-refractivity contribution in [3.05, 3.63) is 48.0 Å². The number of phenolic OH excluding ortho intramolecular Hbond substituents is 1. The number of benzene rings is 2. The zero-order chi connectivity index (χ0) is 18.9. The fourth-order valence-corrected chi connectivity index (χ4v) is 2.53. The number of rotatable bonds is 4. The van der Waals surface area contributed by atoms with Gasteiger partial charge in [0.25, 0.3) is 0 Å². The molecule has 0 fully saturated rings. The van der Waals surface area contributed by atoms with Crippen molar-refractivity contribution in [1.29, 1.82) is 0 Å². The van der Waals surface area contributed by atoms with Gasteiger partial charge in [-0.2, -0.15) is 0 Å². The Morgan fingerprint density at radius 1 is 1.19 bits per heavy atom. The van der Waals surface area contributed by atoms with Crippen LogP contribution < -0.4 is 4.74 Å². The lowest BCUT2D eigenvalue weighted by Gasteiger charge is -2.10. The lowest BCUT2D eigenvalue weighted by molar-refractivity contribution is -0.274. The summed E-state index contributed by atoms with van der Waals surface area (Å²) in [5, 5.41) is 9.97. The molecule has 0 aliphatic rings. The molecule has 0 atom stereocenters. The lowest BCUT2D eigenvalue weighted by atomic mass is 10.1. The quantitative estimate of drug-likeness (QED) is 0.667. The fourth-order valence-electron chi connectivity index (χ4n) is 2.53. The van der Waals surface area contributed by atoms with Gasteiger partial charge in [-0.15, -0.1) is 13.2 Å². The van der Waals surface area contributed by atoms with Gasteiger partial charge in [0.1, 0.15) is 28.4 Å². The molecular weight excluding hydrogens is 353 g/mol. The second-order valence-electron chi connectivity index (χ2n) is 5.28. The van der Waals surface area contributed by atoms with Crippen molar-refractivity contribution in [2.24, 2.45) is 0 Å². The number of hydrogen-bond donors (Lipinski definition) is 1. The average Bonchev–Trinajstić information content (AvgIpc) is 2.92. The number of fused-ring (bicyclic) bond motifs is 1. The van der Waals surface area contributed by atoms with E-state index in [1.54, 1.807) is 6.92 Å². The number of halogens is 3. The Hall–Kier alpha value is -3.16. The smallest absolute Gasteiger partial charge is 0.508 e. The number of hydrogen-bond acceptors (Lipinski definition) is 5. The van der Waals surface area contributed by atoms with Crippen molar-refractivity contribution < 1.29 is 37.0 Å². The van der Waals surface area contributed by atoms with Crippen LogP contribution in [0.5, 0.6) is 11.5 Å². The van der Waals surface area contributed by atoms with Crippen LogP contribution in [0.1, 0.15) is 17.3 Å².